The van der Waals surface area contributed by atoms with Gasteiger partial charge in [-0.1, -0.05) is 199 Å². The molecular formula is C47H88NO10P. The van der Waals surface area contributed by atoms with Crippen molar-refractivity contribution in [3.63, 3.8) is 0 Å². The van der Waals surface area contributed by atoms with E-state index in [-0.39, 0.29) is 19.4 Å². The number of nitrogens with two attached hydrogens (primary N) is 1. The number of carbonyl (C=O) groups is 3. The Morgan fingerprint density at radius 1 is 0.525 bits per heavy atom. The zero-order valence-electron chi connectivity index (χ0n) is 37.6. The third-order valence-corrected chi connectivity index (χ3v) is 11.4. The number of carboxylic acids is 1. The quantitative estimate of drug-likeness (QED) is 0.0230. The number of carboxylic acid groups (broad SMARTS) is 1. The van der Waals surface area contributed by atoms with Gasteiger partial charge in [0.05, 0.1) is 13.2 Å². The van der Waals surface area contributed by atoms with Gasteiger partial charge >= 0.3 is 25.7 Å². The van der Waals surface area contributed by atoms with E-state index in [4.69, 9.17) is 24.8 Å². The fourth-order valence-corrected chi connectivity index (χ4v) is 7.45. The lowest BCUT2D eigenvalue weighted by atomic mass is 10.0. The van der Waals surface area contributed by atoms with Crippen molar-refractivity contribution >= 4 is 25.7 Å². The highest BCUT2D eigenvalue weighted by Gasteiger charge is 2.28. The lowest BCUT2D eigenvalue weighted by Gasteiger charge is -2.20. The molecule has 0 fully saturated rings. The largest absolute Gasteiger partial charge is 0.480 e. The first-order chi connectivity index (χ1) is 28.6. The highest BCUT2D eigenvalue weighted by Crippen LogP contribution is 2.43. The Morgan fingerprint density at radius 3 is 1.37 bits per heavy atom. The predicted octanol–water partition coefficient (Wildman–Crippen LogP) is 13.0. The Morgan fingerprint density at radius 2 is 0.915 bits per heavy atom. The topological polar surface area (TPSA) is 172 Å². The number of rotatable bonds is 45. The van der Waals surface area contributed by atoms with E-state index < -0.39 is 51.1 Å². The fraction of sp³-hybridized carbons (Fsp3) is 0.851. The van der Waals surface area contributed by atoms with Crippen molar-refractivity contribution in [2.24, 2.45) is 5.73 Å². The summed E-state index contributed by atoms with van der Waals surface area (Å²) in [4.78, 5) is 46.1. The van der Waals surface area contributed by atoms with Crippen molar-refractivity contribution in [3.8, 4) is 0 Å². The highest BCUT2D eigenvalue weighted by atomic mass is 31.2. The van der Waals surface area contributed by atoms with Crippen LogP contribution in [0.1, 0.15) is 226 Å². The van der Waals surface area contributed by atoms with Crippen molar-refractivity contribution in [3.05, 3.63) is 24.3 Å². The number of unbranched alkanes of at least 4 members (excludes halogenated alkanes) is 27. The molecule has 4 N–H and O–H groups in total. The first-order valence-electron chi connectivity index (χ1n) is 23.9. The summed E-state index contributed by atoms with van der Waals surface area (Å²) < 4.78 is 32.8. The standard InChI is InChI=1S/C47H88NO10P/c1-3-5-7-9-11-13-15-17-19-21-23-24-26-28-30-32-34-36-38-45(49)55-40-43(41-56-59(53,54)57-42-44(48)47(51)52)58-46(50)39-37-35-33-31-29-27-25-22-20-18-16-14-12-10-8-6-4-2/h9,11,15,17,43-44H,3-8,10,12-14,16,18-42,48H2,1-2H3,(H,51,52)(H,53,54)/b11-9-,17-15-/t43-,44+/m1/s1. The third-order valence-electron chi connectivity index (χ3n) is 10.5. The van der Waals surface area contributed by atoms with Crippen LogP contribution in [0.25, 0.3) is 0 Å². The zero-order valence-corrected chi connectivity index (χ0v) is 38.5. The molecule has 0 aliphatic carbocycles. The van der Waals surface area contributed by atoms with E-state index in [9.17, 15) is 23.8 Å². The molecule has 12 heteroatoms. The van der Waals surface area contributed by atoms with E-state index in [1.54, 1.807) is 0 Å². The van der Waals surface area contributed by atoms with E-state index in [0.29, 0.717) is 12.8 Å². The van der Waals surface area contributed by atoms with E-state index >= 15 is 0 Å². The molecule has 0 saturated heterocycles. The molecule has 0 rings (SSSR count). The molecule has 59 heavy (non-hydrogen) atoms. The molecular weight excluding hydrogens is 769 g/mol. The van der Waals surface area contributed by atoms with Gasteiger partial charge in [-0.25, -0.2) is 4.57 Å². The Bertz CT molecular complexity index is 1100. The van der Waals surface area contributed by atoms with Crippen LogP contribution in [-0.2, 0) is 37.5 Å². The second kappa shape index (κ2) is 42.6. The van der Waals surface area contributed by atoms with E-state index in [0.717, 1.165) is 51.4 Å². The maximum absolute atomic E-state index is 12.7. The van der Waals surface area contributed by atoms with Gasteiger partial charge in [-0.3, -0.25) is 23.4 Å². The van der Waals surface area contributed by atoms with Crippen LogP contribution in [0.4, 0.5) is 0 Å². The molecule has 0 aromatic rings. The van der Waals surface area contributed by atoms with Crippen LogP contribution in [0.5, 0.6) is 0 Å². The number of carbonyl (C=O) groups excluding carboxylic acids is 2. The molecule has 346 valence electrons. The first kappa shape index (κ1) is 57.0. The summed E-state index contributed by atoms with van der Waals surface area (Å²) in [5.41, 5.74) is 5.34. The van der Waals surface area contributed by atoms with Gasteiger partial charge in [-0.2, -0.15) is 0 Å². The minimum Gasteiger partial charge on any atom is -0.480 e. The van der Waals surface area contributed by atoms with Crippen molar-refractivity contribution in [1.29, 1.82) is 0 Å². The van der Waals surface area contributed by atoms with E-state index in [1.807, 2.05) is 0 Å². The summed E-state index contributed by atoms with van der Waals surface area (Å²) in [6, 6.07) is -1.52. The number of hydrogen-bond acceptors (Lipinski definition) is 9. The van der Waals surface area contributed by atoms with Crippen LogP contribution in [0.3, 0.4) is 0 Å². The molecule has 0 spiro atoms. The number of hydrogen-bond donors (Lipinski definition) is 3. The summed E-state index contributed by atoms with van der Waals surface area (Å²) in [6.07, 6.45) is 45.2. The molecule has 0 aliphatic heterocycles. The number of phosphoric ester groups is 1. The fourth-order valence-electron chi connectivity index (χ4n) is 6.67. The number of ether oxygens (including phenoxy) is 2. The average Bonchev–Trinajstić information content (AvgIpc) is 3.21. The van der Waals surface area contributed by atoms with Crippen LogP contribution in [0, 0.1) is 0 Å². The normalized spacial score (nSPS) is 13.8. The van der Waals surface area contributed by atoms with Gasteiger partial charge in [-0.15, -0.1) is 0 Å². The van der Waals surface area contributed by atoms with Gasteiger partial charge in [-0.05, 0) is 38.5 Å². The van der Waals surface area contributed by atoms with Crippen molar-refractivity contribution < 1.29 is 47.5 Å². The first-order valence-corrected chi connectivity index (χ1v) is 25.4. The zero-order chi connectivity index (χ0) is 43.5. The van der Waals surface area contributed by atoms with Crippen molar-refractivity contribution in [2.45, 2.75) is 238 Å². The van der Waals surface area contributed by atoms with E-state index in [1.165, 1.54) is 135 Å². The number of allylic oxidation sites excluding steroid dienone is 4. The van der Waals surface area contributed by atoms with Gasteiger partial charge in [0.15, 0.2) is 6.10 Å². The van der Waals surface area contributed by atoms with Crippen LogP contribution < -0.4 is 5.73 Å². The lowest BCUT2D eigenvalue weighted by molar-refractivity contribution is -0.161. The third kappa shape index (κ3) is 42.4. The molecule has 0 aliphatic rings. The monoisotopic (exact) mass is 858 g/mol. The van der Waals surface area contributed by atoms with Gasteiger partial charge in [0, 0.05) is 12.8 Å². The number of esters is 2. The predicted molar refractivity (Wildman–Crippen MR) is 240 cm³/mol. The molecule has 0 bridgehead atoms. The molecule has 0 aromatic carbocycles. The highest BCUT2D eigenvalue weighted by molar-refractivity contribution is 7.47. The molecule has 3 atom stereocenters. The van der Waals surface area contributed by atoms with Crippen LogP contribution in [-0.4, -0.2) is 59.9 Å². The number of phosphoric acid groups is 1. The summed E-state index contributed by atoms with van der Waals surface area (Å²) >= 11 is 0. The van der Waals surface area contributed by atoms with Crippen molar-refractivity contribution in [1.82, 2.24) is 0 Å². The molecule has 0 heterocycles. The number of aliphatic carboxylic acids is 1. The summed E-state index contributed by atoms with van der Waals surface area (Å²) in [5, 5.41) is 8.90. The molecule has 0 aromatic heterocycles. The second-order valence-corrected chi connectivity index (χ2v) is 17.7. The molecule has 0 amide bonds. The Hall–Kier alpha value is -2.04. The smallest absolute Gasteiger partial charge is 0.472 e. The molecule has 1 unspecified atom stereocenters. The lowest BCUT2D eigenvalue weighted by Crippen LogP contribution is -2.34. The van der Waals surface area contributed by atoms with Crippen LogP contribution in [0.15, 0.2) is 24.3 Å². The summed E-state index contributed by atoms with van der Waals surface area (Å²) in [6.45, 7) is 2.80. The van der Waals surface area contributed by atoms with Gasteiger partial charge in [0.2, 0.25) is 0 Å². The summed E-state index contributed by atoms with van der Waals surface area (Å²) in [5.74, 6) is -2.37. The maximum atomic E-state index is 12.7. The Kier molecular flexibility index (Phi) is 41.2. The van der Waals surface area contributed by atoms with Gasteiger partial charge < -0.3 is 25.2 Å². The SMILES string of the molecule is CCCC/C=C\C/C=C\CCCCCCCCCCCC(=O)OC[C@H](COP(=O)(O)OC[C@H](N)C(=O)O)OC(=O)CCCCCCCCCCCCCCCCCCC. The average molecular weight is 858 g/mol. The van der Waals surface area contributed by atoms with Crippen molar-refractivity contribution in [2.75, 3.05) is 19.8 Å². The van der Waals surface area contributed by atoms with Gasteiger partial charge in [0.1, 0.15) is 12.6 Å². The molecule has 0 radical (unpaired) electrons. The summed E-state index contributed by atoms with van der Waals surface area (Å²) in [7, 11) is -4.72. The van der Waals surface area contributed by atoms with Gasteiger partial charge in [0.25, 0.3) is 0 Å². The molecule has 11 nitrogen and oxygen atoms in total. The Balaban J connectivity index is 4.28. The Labute approximate surface area is 360 Å². The van der Waals surface area contributed by atoms with E-state index in [2.05, 4.69) is 42.7 Å². The van der Waals surface area contributed by atoms with Crippen LogP contribution in [0.2, 0.25) is 0 Å². The maximum Gasteiger partial charge on any atom is 0.472 e. The minimum atomic E-state index is -4.72. The van der Waals surface area contributed by atoms with Crippen LogP contribution >= 0.6 is 7.82 Å². The minimum absolute atomic E-state index is 0.165. The molecule has 0 saturated carbocycles. The second-order valence-electron chi connectivity index (χ2n) is 16.2.